The lowest BCUT2D eigenvalue weighted by atomic mass is 9.93. The van der Waals surface area contributed by atoms with E-state index in [1.165, 1.54) is 13.2 Å². The molecular formula is C23H31N3O7. The van der Waals surface area contributed by atoms with Crippen LogP contribution in [0.1, 0.15) is 38.3 Å². The van der Waals surface area contributed by atoms with Gasteiger partial charge in [0.25, 0.3) is 0 Å². The standard InChI is InChI=1S/C23H31N3O7/c1-4-32-18-11-14(8-9-17(18)27)20-19(22(29)31-3)16(24-23(30)25-20)13-26-10-6-7-15(12-26)21(28)33-5-2/h8-9,11,15,20,27H,4-7,10,12-13H2,1-3H3,(H2,24,25,30)/t15-,20-/m1/s1. The van der Waals surface area contributed by atoms with E-state index in [0.717, 1.165) is 19.4 Å². The van der Waals surface area contributed by atoms with Crippen LogP contribution in [0.15, 0.2) is 29.5 Å². The number of benzene rings is 1. The summed E-state index contributed by atoms with van der Waals surface area (Å²) in [6.45, 7) is 5.69. The van der Waals surface area contributed by atoms with Crippen LogP contribution >= 0.6 is 0 Å². The number of amides is 2. The van der Waals surface area contributed by atoms with Gasteiger partial charge in [-0.1, -0.05) is 6.07 Å². The first-order chi connectivity index (χ1) is 15.9. The average molecular weight is 462 g/mol. The molecule has 0 radical (unpaired) electrons. The van der Waals surface area contributed by atoms with E-state index < -0.39 is 18.0 Å². The van der Waals surface area contributed by atoms with E-state index >= 15 is 0 Å². The number of piperidine rings is 1. The molecule has 2 amide bonds. The van der Waals surface area contributed by atoms with Gasteiger partial charge >= 0.3 is 18.0 Å². The Hall–Kier alpha value is -3.27. The maximum atomic E-state index is 12.8. The summed E-state index contributed by atoms with van der Waals surface area (Å²) >= 11 is 0. The van der Waals surface area contributed by atoms with Gasteiger partial charge in [-0.25, -0.2) is 9.59 Å². The Morgan fingerprint density at radius 3 is 2.73 bits per heavy atom. The number of esters is 2. The van der Waals surface area contributed by atoms with Gasteiger partial charge in [-0.3, -0.25) is 9.69 Å². The first kappa shape index (κ1) is 24.4. The summed E-state index contributed by atoms with van der Waals surface area (Å²) in [6.07, 6.45) is 1.54. The lowest BCUT2D eigenvalue weighted by Crippen LogP contribution is -2.49. The molecule has 1 aromatic carbocycles. The highest BCUT2D eigenvalue weighted by molar-refractivity contribution is 5.95. The van der Waals surface area contributed by atoms with Crippen LogP contribution in [-0.2, 0) is 19.1 Å². The van der Waals surface area contributed by atoms with Gasteiger partial charge in [0.15, 0.2) is 11.5 Å². The number of aromatic hydroxyl groups is 1. The minimum absolute atomic E-state index is 0.0389. The molecule has 0 unspecified atom stereocenters. The van der Waals surface area contributed by atoms with Crippen LogP contribution in [0.5, 0.6) is 11.5 Å². The van der Waals surface area contributed by atoms with Gasteiger partial charge in [0.1, 0.15) is 0 Å². The highest BCUT2D eigenvalue weighted by Crippen LogP contribution is 2.34. The predicted octanol–water partition coefficient (Wildman–Crippen LogP) is 1.85. The Kier molecular flexibility index (Phi) is 8.16. The second kappa shape index (κ2) is 11.0. The van der Waals surface area contributed by atoms with E-state index in [9.17, 15) is 19.5 Å². The quantitative estimate of drug-likeness (QED) is 0.501. The molecule has 0 aromatic heterocycles. The zero-order valence-corrected chi connectivity index (χ0v) is 19.2. The Labute approximate surface area is 192 Å². The van der Waals surface area contributed by atoms with E-state index in [0.29, 0.717) is 31.0 Å². The van der Waals surface area contributed by atoms with Crippen molar-refractivity contribution in [3.63, 3.8) is 0 Å². The number of carbonyl (C=O) groups is 3. The van der Waals surface area contributed by atoms with Crippen molar-refractivity contribution in [2.24, 2.45) is 5.92 Å². The SMILES string of the molecule is CCOC(=O)[C@@H]1CCCN(CC2=C(C(=O)OC)[C@@H](c3ccc(O)c(OCC)c3)NC(=O)N2)C1. The summed E-state index contributed by atoms with van der Waals surface area (Å²) in [5.41, 5.74) is 1.22. The molecule has 0 aliphatic carbocycles. The second-order valence-electron chi connectivity index (χ2n) is 7.90. The van der Waals surface area contributed by atoms with E-state index in [4.69, 9.17) is 14.2 Å². The van der Waals surface area contributed by atoms with Crippen LogP contribution < -0.4 is 15.4 Å². The third-order valence-electron chi connectivity index (χ3n) is 5.68. The van der Waals surface area contributed by atoms with Crippen molar-refractivity contribution in [3.05, 3.63) is 35.0 Å². The molecule has 2 aliphatic rings. The van der Waals surface area contributed by atoms with Crippen LogP contribution in [0, 0.1) is 5.92 Å². The number of rotatable bonds is 8. The number of phenols is 1. The summed E-state index contributed by atoms with van der Waals surface area (Å²) < 4.78 is 15.6. The number of hydrogen-bond donors (Lipinski definition) is 3. The minimum atomic E-state index is -0.799. The maximum absolute atomic E-state index is 12.8. The van der Waals surface area contributed by atoms with E-state index in [-0.39, 0.29) is 35.5 Å². The molecule has 1 aromatic rings. The number of likely N-dealkylation sites (tertiary alicyclic amines) is 1. The molecule has 1 fully saturated rings. The predicted molar refractivity (Wildman–Crippen MR) is 119 cm³/mol. The molecule has 1 saturated heterocycles. The number of nitrogens with zero attached hydrogens (tertiary/aromatic N) is 1. The summed E-state index contributed by atoms with van der Waals surface area (Å²) in [7, 11) is 1.28. The molecule has 2 atom stereocenters. The Bertz CT molecular complexity index is 931. The van der Waals surface area contributed by atoms with E-state index in [2.05, 4.69) is 10.6 Å². The average Bonchev–Trinajstić information content (AvgIpc) is 2.80. The van der Waals surface area contributed by atoms with Crippen molar-refractivity contribution in [2.45, 2.75) is 32.7 Å². The lowest BCUT2D eigenvalue weighted by molar-refractivity contribution is -0.150. The third-order valence-corrected chi connectivity index (χ3v) is 5.68. The van der Waals surface area contributed by atoms with Gasteiger partial charge < -0.3 is 30.0 Å². The van der Waals surface area contributed by atoms with E-state index in [1.54, 1.807) is 26.0 Å². The first-order valence-corrected chi connectivity index (χ1v) is 11.1. The fourth-order valence-corrected chi connectivity index (χ4v) is 4.20. The van der Waals surface area contributed by atoms with Crippen LogP contribution in [0.4, 0.5) is 4.79 Å². The van der Waals surface area contributed by atoms with Crippen LogP contribution in [0.25, 0.3) is 0 Å². The molecule has 180 valence electrons. The van der Waals surface area contributed by atoms with Crippen molar-refractivity contribution < 1.29 is 33.7 Å². The molecular weight excluding hydrogens is 430 g/mol. The molecule has 33 heavy (non-hydrogen) atoms. The zero-order chi connectivity index (χ0) is 24.0. The van der Waals surface area contributed by atoms with Crippen LogP contribution in [0.3, 0.4) is 0 Å². The molecule has 2 heterocycles. The van der Waals surface area contributed by atoms with Crippen molar-refractivity contribution in [1.29, 1.82) is 0 Å². The molecule has 0 spiro atoms. The van der Waals surface area contributed by atoms with Gasteiger partial charge in [-0.05, 0) is 50.9 Å². The molecule has 0 saturated carbocycles. The summed E-state index contributed by atoms with van der Waals surface area (Å²) in [5, 5.41) is 15.5. The topological polar surface area (TPSA) is 126 Å². The maximum Gasteiger partial charge on any atom is 0.338 e. The second-order valence-corrected chi connectivity index (χ2v) is 7.90. The lowest BCUT2D eigenvalue weighted by Gasteiger charge is -2.35. The van der Waals surface area contributed by atoms with Crippen molar-refractivity contribution in [3.8, 4) is 11.5 Å². The van der Waals surface area contributed by atoms with Crippen LogP contribution in [-0.4, -0.2) is 67.9 Å². The van der Waals surface area contributed by atoms with Gasteiger partial charge in [0.05, 0.1) is 37.9 Å². The normalized spacial score (nSPS) is 21.1. The Morgan fingerprint density at radius 1 is 1.24 bits per heavy atom. The zero-order valence-electron chi connectivity index (χ0n) is 19.2. The highest BCUT2D eigenvalue weighted by atomic mass is 16.5. The number of methoxy groups -OCH3 is 1. The fraction of sp³-hybridized carbons (Fsp3) is 0.522. The fourth-order valence-electron chi connectivity index (χ4n) is 4.20. The van der Waals surface area contributed by atoms with Crippen molar-refractivity contribution in [2.75, 3.05) is 40.0 Å². The number of hydrogen-bond acceptors (Lipinski definition) is 8. The number of urea groups is 1. The third kappa shape index (κ3) is 5.75. The highest BCUT2D eigenvalue weighted by Gasteiger charge is 2.36. The van der Waals surface area contributed by atoms with Crippen molar-refractivity contribution in [1.82, 2.24) is 15.5 Å². The molecule has 10 nitrogen and oxygen atoms in total. The van der Waals surface area contributed by atoms with Crippen LogP contribution in [0.2, 0.25) is 0 Å². The van der Waals surface area contributed by atoms with Gasteiger partial charge in [-0.2, -0.15) is 0 Å². The molecule has 3 N–H and O–H groups in total. The molecule has 2 aliphatic heterocycles. The summed E-state index contributed by atoms with van der Waals surface area (Å²) in [4.78, 5) is 39.5. The number of nitrogens with one attached hydrogen (secondary N) is 2. The number of ether oxygens (including phenoxy) is 3. The number of carbonyl (C=O) groups excluding carboxylic acids is 3. The van der Waals surface area contributed by atoms with Gasteiger partial charge in [-0.15, -0.1) is 0 Å². The number of phenolic OH excluding ortho intramolecular Hbond substituents is 1. The van der Waals surface area contributed by atoms with E-state index in [1.807, 2.05) is 4.90 Å². The summed E-state index contributed by atoms with van der Waals surface area (Å²) in [6, 6.07) is 3.40. The van der Waals surface area contributed by atoms with Crippen molar-refractivity contribution >= 4 is 18.0 Å². The summed E-state index contributed by atoms with van der Waals surface area (Å²) in [5.74, 6) is -0.860. The Balaban J connectivity index is 1.93. The smallest absolute Gasteiger partial charge is 0.338 e. The van der Waals surface area contributed by atoms with Gasteiger partial charge in [0.2, 0.25) is 0 Å². The molecule has 3 rings (SSSR count). The first-order valence-electron chi connectivity index (χ1n) is 11.1. The minimum Gasteiger partial charge on any atom is -0.504 e. The monoisotopic (exact) mass is 461 g/mol. The molecule has 10 heteroatoms. The van der Waals surface area contributed by atoms with Gasteiger partial charge in [0, 0.05) is 18.8 Å². The molecule has 0 bridgehead atoms. The largest absolute Gasteiger partial charge is 0.504 e. The Morgan fingerprint density at radius 2 is 2.03 bits per heavy atom.